The zero-order chi connectivity index (χ0) is 19.3. The molecule has 0 atom stereocenters. The zero-order valence-corrected chi connectivity index (χ0v) is 16.5. The molecule has 1 amide bonds. The molecule has 0 aliphatic carbocycles. The summed E-state index contributed by atoms with van der Waals surface area (Å²) in [5.74, 6) is -0.171. The molecule has 0 fully saturated rings. The Morgan fingerprint density at radius 2 is 1.69 bits per heavy atom. The molecular weight excluding hydrogens is 348 g/mol. The largest absolute Gasteiger partial charge is 0.326 e. The van der Waals surface area contributed by atoms with Gasteiger partial charge in [0.1, 0.15) is 0 Å². The van der Waals surface area contributed by atoms with E-state index in [0.29, 0.717) is 16.9 Å². The van der Waals surface area contributed by atoms with Gasteiger partial charge in [0.25, 0.3) is 10.0 Å². The van der Waals surface area contributed by atoms with Gasteiger partial charge in [0.15, 0.2) is 0 Å². The van der Waals surface area contributed by atoms with E-state index in [9.17, 15) is 13.2 Å². The fourth-order valence-corrected chi connectivity index (χ4v) is 4.11. The van der Waals surface area contributed by atoms with Crippen LogP contribution in [0.3, 0.4) is 0 Å². The highest BCUT2D eigenvalue weighted by Crippen LogP contribution is 2.24. The lowest BCUT2D eigenvalue weighted by Crippen LogP contribution is -2.22. The van der Waals surface area contributed by atoms with Gasteiger partial charge in [0.2, 0.25) is 5.91 Å². The first kappa shape index (κ1) is 20.0. The summed E-state index contributed by atoms with van der Waals surface area (Å²) in [5.41, 5.74) is 2.58. The third kappa shape index (κ3) is 4.85. The van der Waals surface area contributed by atoms with Gasteiger partial charge in [-0.15, -0.1) is 0 Å². The molecule has 0 aromatic heterocycles. The lowest BCUT2D eigenvalue weighted by atomic mass is 10.0. The van der Waals surface area contributed by atoms with Crippen molar-refractivity contribution in [3.63, 3.8) is 0 Å². The summed E-state index contributed by atoms with van der Waals surface area (Å²) in [6, 6.07) is 12.1. The summed E-state index contributed by atoms with van der Waals surface area (Å²) in [4.78, 5) is 12.4. The topological polar surface area (TPSA) is 75.3 Å². The van der Waals surface area contributed by atoms with Gasteiger partial charge in [-0.25, -0.2) is 8.42 Å². The maximum Gasteiger partial charge on any atom is 0.262 e. The Morgan fingerprint density at radius 3 is 2.31 bits per heavy atom. The minimum absolute atomic E-state index is 0.0817. The van der Waals surface area contributed by atoms with Gasteiger partial charge in [0.05, 0.1) is 4.90 Å². The van der Waals surface area contributed by atoms with E-state index in [4.69, 9.17) is 0 Å². The van der Waals surface area contributed by atoms with Crippen LogP contribution in [0, 0.1) is 19.8 Å². The van der Waals surface area contributed by atoms with Crippen LogP contribution in [0.25, 0.3) is 0 Å². The van der Waals surface area contributed by atoms with Gasteiger partial charge in [-0.1, -0.05) is 32.0 Å². The maximum atomic E-state index is 12.8. The van der Waals surface area contributed by atoms with Crippen molar-refractivity contribution >= 4 is 27.3 Å². The SMILES string of the molecule is CCC(CC)C(=O)Nc1ccc(C)c(S(=O)(=O)Nc2cccc(C)c2)c1. The first-order valence-corrected chi connectivity index (χ1v) is 10.3. The number of aryl methyl sites for hydroxylation is 2. The lowest BCUT2D eigenvalue weighted by molar-refractivity contribution is -0.120. The molecular formula is C20H26N2O3S. The fraction of sp³-hybridized carbons (Fsp3) is 0.350. The third-order valence-electron chi connectivity index (χ3n) is 4.37. The Morgan fingerprint density at radius 1 is 1.00 bits per heavy atom. The Hall–Kier alpha value is -2.34. The van der Waals surface area contributed by atoms with Crippen LogP contribution in [-0.4, -0.2) is 14.3 Å². The number of carbonyl (C=O) groups is 1. The highest BCUT2D eigenvalue weighted by atomic mass is 32.2. The van der Waals surface area contributed by atoms with Crippen LogP contribution >= 0.6 is 0 Å². The average molecular weight is 375 g/mol. The number of benzene rings is 2. The second-order valence-electron chi connectivity index (χ2n) is 6.46. The van der Waals surface area contributed by atoms with Crippen LogP contribution < -0.4 is 10.0 Å². The fourth-order valence-electron chi connectivity index (χ4n) is 2.79. The van der Waals surface area contributed by atoms with Crippen molar-refractivity contribution in [1.29, 1.82) is 0 Å². The van der Waals surface area contributed by atoms with Crippen LogP contribution in [0.1, 0.15) is 37.8 Å². The predicted molar refractivity (Wildman–Crippen MR) is 106 cm³/mol. The van der Waals surface area contributed by atoms with E-state index in [0.717, 1.165) is 18.4 Å². The predicted octanol–water partition coefficient (Wildman–Crippen LogP) is 4.48. The molecule has 140 valence electrons. The summed E-state index contributed by atoms with van der Waals surface area (Å²) in [6.45, 7) is 7.56. The van der Waals surface area contributed by atoms with Gasteiger partial charge >= 0.3 is 0 Å². The summed E-state index contributed by atoms with van der Waals surface area (Å²) >= 11 is 0. The molecule has 0 aliphatic rings. The van der Waals surface area contributed by atoms with E-state index in [1.54, 1.807) is 37.3 Å². The number of amides is 1. The molecule has 2 N–H and O–H groups in total. The van der Waals surface area contributed by atoms with E-state index in [-0.39, 0.29) is 16.7 Å². The van der Waals surface area contributed by atoms with Gasteiger partial charge in [0, 0.05) is 17.3 Å². The molecule has 0 saturated heterocycles. The van der Waals surface area contributed by atoms with Crippen molar-refractivity contribution in [2.75, 3.05) is 10.0 Å². The molecule has 0 unspecified atom stereocenters. The number of carbonyl (C=O) groups excluding carboxylic acids is 1. The van der Waals surface area contributed by atoms with Crippen molar-refractivity contribution in [2.45, 2.75) is 45.4 Å². The first-order valence-electron chi connectivity index (χ1n) is 8.77. The highest BCUT2D eigenvalue weighted by Gasteiger charge is 2.19. The molecule has 2 aromatic carbocycles. The molecule has 26 heavy (non-hydrogen) atoms. The minimum atomic E-state index is -3.75. The second-order valence-corrected chi connectivity index (χ2v) is 8.11. The summed E-state index contributed by atoms with van der Waals surface area (Å²) in [5, 5.41) is 2.83. The minimum Gasteiger partial charge on any atom is -0.326 e. The van der Waals surface area contributed by atoms with E-state index in [2.05, 4.69) is 10.0 Å². The first-order chi connectivity index (χ1) is 12.3. The van der Waals surface area contributed by atoms with Gasteiger partial charge < -0.3 is 5.32 Å². The summed E-state index contributed by atoms with van der Waals surface area (Å²) in [7, 11) is -3.75. The second kappa shape index (κ2) is 8.36. The van der Waals surface area contributed by atoms with Gasteiger partial charge in [-0.2, -0.15) is 0 Å². The Labute approximate surface area is 155 Å². The molecule has 0 bridgehead atoms. The molecule has 2 aromatic rings. The molecule has 0 heterocycles. The molecule has 0 spiro atoms. The molecule has 6 heteroatoms. The molecule has 2 rings (SSSR count). The number of rotatable bonds is 7. The monoisotopic (exact) mass is 374 g/mol. The maximum absolute atomic E-state index is 12.8. The van der Waals surface area contributed by atoms with Gasteiger partial charge in [-0.05, 0) is 62.1 Å². The van der Waals surface area contributed by atoms with Crippen LogP contribution in [0.2, 0.25) is 0 Å². The smallest absolute Gasteiger partial charge is 0.262 e. The van der Waals surface area contributed by atoms with E-state index in [1.807, 2.05) is 26.8 Å². The standard InChI is InChI=1S/C20H26N2O3S/c1-5-16(6-2)20(23)21-17-11-10-15(4)19(13-17)26(24,25)22-18-9-7-8-14(3)12-18/h7-13,16,22H,5-6H2,1-4H3,(H,21,23). The van der Waals surface area contributed by atoms with Crippen LogP contribution in [-0.2, 0) is 14.8 Å². The Balaban J connectivity index is 2.29. The van der Waals surface area contributed by atoms with Crippen molar-refractivity contribution in [2.24, 2.45) is 5.92 Å². The number of nitrogens with one attached hydrogen (secondary N) is 2. The number of hydrogen-bond donors (Lipinski definition) is 2. The normalized spacial score (nSPS) is 11.4. The van der Waals surface area contributed by atoms with Crippen molar-refractivity contribution in [1.82, 2.24) is 0 Å². The van der Waals surface area contributed by atoms with Gasteiger partial charge in [-0.3, -0.25) is 9.52 Å². The quantitative estimate of drug-likeness (QED) is 0.750. The molecule has 0 saturated carbocycles. The molecule has 0 radical (unpaired) electrons. The van der Waals surface area contributed by atoms with Crippen molar-refractivity contribution < 1.29 is 13.2 Å². The van der Waals surface area contributed by atoms with Crippen molar-refractivity contribution in [3.05, 3.63) is 53.6 Å². The number of hydrogen-bond acceptors (Lipinski definition) is 3. The highest BCUT2D eigenvalue weighted by molar-refractivity contribution is 7.92. The van der Waals surface area contributed by atoms with E-state index in [1.165, 1.54) is 6.07 Å². The Bertz CT molecular complexity index is 888. The van der Waals surface area contributed by atoms with Crippen molar-refractivity contribution in [3.8, 4) is 0 Å². The van der Waals surface area contributed by atoms with E-state index >= 15 is 0 Å². The van der Waals surface area contributed by atoms with Crippen LogP contribution in [0.4, 0.5) is 11.4 Å². The summed E-state index contributed by atoms with van der Waals surface area (Å²) < 4.78 is 28.2. The van der Waals surface area contributed by atoms with E-state index < -0.39 is 10.0 Å². The van der Waals surface area contributed by atoms with Crippen LogP contribution in [0.15, 0.2) is 47.4 Å². The molecule has 5 nitrogen and oxygen atoms in total. The molecule has 0 aliphatic heterocycles. The third-order valence-corrected chi connectivity index (χ3v) is 5.90. The van der Waals surface area contributed by atoms with Crippen LogP contribution in [0.5, 0.6) is 0 Å². The lowest BCUT2D eigenvalue weighted by Gasteiger charge is -2.15. The number of anilines is 2. The summed E-state index contributed by atoms with van der Waals surface area (Å²) in [6.07, 6.45) is 1.49. The number of sulfonamides is 1. The zero-order valence-electron chi connectivity index (χ0n) is 15.7. The Kier molecular flexibility index (Phi) is 6.42. The average Bonchev–Trinajstić information content (AvgIpc) is 2.57.